The Balaban J connectivity index is 1.40. The molecule has 3 rings (SSSR count). The largest absolute Gasteiger partial charge is 0.419 e. The van der Waals surface area contributed by atoms with Gasteiger partial charge in [-0.1, -0.05) is 0 Å². The third-order valence-electron chi connectivity index (χ3n) is 4.45. The number of carbonyl (C=O) groups is 1. The highest BCUT2D eigenvalue weighted by atomic mass is 32.1. The normalized spacial score (nSPS) is 11.1. The third-order valence-corrected chi connectivity index (χ3v) is 5.48. The predicted molar refractivity (Wildman–Crippen MR) is 109 cm³/mol. The molecule has 0 bridgehead atoms. The number of amides is 1. The van der Waals surface area contributed by atoms with Crippen LogP contribution in [0.15, 0.2) is 32.8 Å². The van der Waals surface area contributed by atoms with Crippen molar-refractivity contribution in [2.24, 2.45) is 0 Å². The number of fused-ring (bicyclic) bond motifs is 1. The van der Waals surface area contributed by atoms with E-state index < -0.39 is 10.7 Å². The van der Waals surface area contributed by atoms with Gasteiger partial charge in [-0.15, -0.1) is 11.3 Å². The van der Waals surface area contributed by atoms with E-state index in [2.05, 4.69) is 10.3 Å². The van der Waals surface area contributed by atoms with Gasteiger partial charge in [-0.3, -0.25) is 19.5 Å². The van der Waals surface area contributed by atoms with Gasteiger partial charge < -0.3 is 9.73 Å². The first-order chi connectivity index (χ1) is 13.9. The molecule has 2 aromatic heterocycles. The minimum Gasteiger partial charge on any atom is -0.407 e. The molecule has 0 atom stereocenters. The zero-order valence-corrected chi connectivity index (χ0v) is 16.9. The number of nitro benzene ring substituents is 1. The monoisotopic (exact) mass is 418 g/mol. The van der Waals surface area contributed by atoms with Gasteiger partial charge in [0.2, 0.25) is 5.91 Å². The summed E-state index contributed by atoms with van der Waals surface area (Å²) in [4.78, 5) is 38.6. The lowest BCUT2D eigenvalue weighted by Crippen LogP contribution is -2.25. The lowest BCUT2D eigenvalue weighted by molar-refractivity contribution is -0.384. The average molecular weight is 418 g/mol. The Morgan fingerprint density at radius 2 is 2.17 bits per heavy atom. The molecule has 0 fully saturated rings. The Morgan fingerprint density at radius 3 is 2.90 bits per heavy atom. The quantitative estimate of drug-likeness (QED) is 0.307. The maximum Gasteiger partial charge on any atom is 0.419 e. The molecule has 0 unspecified atom stereocenters. The van der Waals surface area contributed by atoms with E-state index in [0.29, 0.717) is 25.0 Å². The summed E-state index contributed by atoms with van der Waals surface area (Å²) in [5.74, 6) is -0.648. The molecule has 0 aliphatic carbocycles. The van der Waals surface area contributed by atoms with E-state index in [1.54, 1.807) is 11.3 Å². The van der Waals surface area contributed by atoms with Gasteiger partial charge in [0.15, 0.2) is 5.58 Å². The van der Waals surface area contributed by atoms with Crippen LogP contribution in [0.4, 0.5) is 5.69 Å². The van der Waals surface area contributed by atoms with E-state index in [1.807, 2.05) is 12.3 Å². The average Bonchev–Trinajstić information content (AvgIpc) is 3.23. The van der Waals surface area contributed by atoms with E-state index in [9.17, 15) is 19.7 Å². The van der Waals surface area contributed by atoms with Crippen molar-refractivity contribution in [2.75, 3.05) is 6.54 Å². The van der Waals surface area contributed by atoms with Crippen LogP contribution in [0.2, 0.25) is 0 Å². The molecule has 0 aliphatic heterocycles. The highest BCUT2D eigenvalue weighted by Gasteiger charge is 2.14. The molecule has 0 saturated heterocycles. The van der Waals surface area contributed by atoms with E-state index in [1.165, 1.54) is 22.8 Å². The fourth-order valence-electron chi connectivity index (χ4n) is 3.01. The third kappa shape index (κ3) is 5.50. The lowest BCUT2D eigenvalue weighted by Gasteiger charge is -2.05. The molecule has 9 nitrogen and oxygen atoms in total. The second-order valence-electron chi connectivity index (χ2n) is 6.72. The first kappa shape index (κ1) is 20.7. The van der Waals surface area contributed by atoms with Crippen LogP contribution < -0.4 is 11.1 Å². The minimum atomic E-state index is -0.585. The molecule has 10 heteroatoms. The molecular formula is C19H22N4O5S. The summed E-state index contributed by atoms with van der Waals surface area (Å²) < 4.78 is 6.47. The molecule has 1 N–H and O–H groups in total. The number of unbranched alkanes of at least 4 members (excludes halogenated alkanes) is 1. The molecule has 1 aromatic carbocycles. The second-order valence-corrected chi connectivity index (χ2v) is 7.66. The SMILES string of the molecule is Cc1csc(CCCCNC(=O)CCCn2c(=O)oc3cc([N+](=O)[O-])ccc32)n1. The van der Waals surface area contributed by atoms with Crippen LogP contribution in [-0.4, -0.2) is 26.9 Å². The molecule has 1 amide bonds. The Morgan fingerprint density at radius 1 is 1.34 bits per heavy atom. The van der Waals surface area contributed by atoms with Crippen molar-refractivity contribution in [1.29, 1.82) is 0 Å². The van der Waals surface area contributed by atoms with E-state index in [-0.39, 0.29) is 23.6 Å². The Bertz CT molecular complexity index is 1070. The number of benzene rings is 1. The van der Waals surface area contributed by atoms with Crippen LogP contribution in [0.25, 0.3) is 11.1 Å². The van der Waals surface area contributed by atoms with Crippen LogP contribution in [0.1, 0.15) is 36.4 Å². The van der Waals surface area contributed by atoms with Crippen molar-refractivity contribution in [3.05, 3.63) is 54.9 Å². The number of hydrogen-bond acceptors (Lipinski definition) is 7. The van der Waals surface area contributed by atoms with Gasteiger partial charge in [-0.25, -0.2) is 9.78 Å². The Kier molecular flexibility index (Phi) is 6.76. The van der Waals surface area contributed by atoms with Gasteiger partial charge in [0.25, 0.3) is 5.69 Å². The molecule has 0 aliphatic rings. The molecule has 154 valence electrons. The van der Waals surface area contributed by atoms with Gasteiger partial charge in [0, 0.05) is 36.7 Å². The highest BCUT2D eigenvalue weighted by molar-refractivity contribution is 7.09. The van der Waals surface area contributed by atoms with Crippen molar-refractivity contribution in [3.63, 3.8) is 0 Å². The topological polar surface area (TPSA) is 120 Å². The molecule has 2 heterocycles. The van der Waals surface area contributed by atoms with Crippen molar-refractivity contribution < 1.29 is 14.1 Å². The van der Waals surface area contributed by atoms with Crippen LogP contribution in [0, 0.1) is 17.0 Å². The van der Waals surface area contributed by atoms with Gasteiger partial charge in [0.05, 0.1) is 21.5 Å². The summed E-state index contributed by atoms with van der Waals surface area (Å²) in [7, 11) is 0. The Hall–Kier alpha value is -3.01. The number of nitro groups is 1. The van der Waals surface area contributed by atoms with Crippen LogP contribution in [-0.2, 0) is 17.8 Å². The molecule has 0 radical (unpaired) electrons. The number of thiazole rings is 1. The number of rotatable bonds is 10. The van der Waals surface area contributed by atoms with Crippen LogP contribution in [0.3, 0.4) is 0 Å². The summed E-state index contributed by atoms with van der Waals surface area (Å²) in [6.07, 6.45) is 3.53. The fraction of sp³-hybridized carbons (Fsp3) is 0.421. The number of nitrogens with zero attached hydrogens (tertiary/aromatic N) is 3. The standard InChI is InChI=1S/C19H22N4O5S/c1-13-12-29-18(21-13)6-2-3-9-20-17(24)5-4-10-22-15-8-7-14(23(26)27)11-16(15)28-19(22)25/h7-8,11-12H,2-6,9-10H2,1H3,(H,20,24). The number of nitrogens with one attached hydrogen (secondary N) is 1. The smallest absolute Gasteiger partial charge is 0.407 e. The van der Waals surface area contributed by atoms with Crippen molar-refractivity contribution in [3.8, 4) is 0 Å². The predicted octanol–water partition coefficient (Wildman–Crippen LogP) is 3.19. The van der Waals surface area contributed by atoms with Crippen molar-refractivity contribution in [1.82, 2.24) is 14.9 Å². The Labute approximate surface area is 170 Å². The lowest BCUT2D eigenvalue weighted by atomic mass is 10.2. The number of non-ortho nitro benzene ring substituents is 1. The van der Waals surface area contributed by atoms with E-state index in [0.717, 1.165) is 30.0 Å². The van der Waals surface area contributed by atoms with E-state index >= 15 is 0 Å². The molecule has 0 saturated carbocycles. The summed E-state index contributed by atoms with van der Waals surface area (Å²) in [6, 6.07) is 4.04. The van der Waals surface area contributed by atoms with Gasteiger partial charge in [-0.05, 0) is 38.7 Å². The number of aryl methyl sites for hydroxylation is 3. The maximum atomic E-state index is 12.0. The summed E-state index contributed by atoms with van der Waals surface area (Å²) in [5.41, 5.74) is 1.56. The summed E-state index contributed by atoms with van der Waals surface area (Å²) in [5, 5.41) is 16.9. The van der Waals surface area contributed by atoms with E-state index in [4.69, 9.17) is 4.42 Å². The van der Waals surface area contributed by atoms with Crippen molar-refractivity contribution >= 4 is 34.0 Å². The number of oxazole rings is 1. The summed E-state index contributed by atoms with van der Waals surface area (Å²) >= 11 is 1.66. The van der Waals surface area contributed by atoms with Gasteiger partial charge in [0.1, 0.15) is 0 Å². The minimum absolute atomic E-state index is 0.0634. The van der Waals surface area contributed by atoms with Gasteiger partial charge in [-0.2, -0.15) is 0 Å². The molecular weight excluding hydrogens is 396 g/mol. The molecule has 29 heavy (non-hydrogen) atoms. The first-order valence-electron chi connectivity index (χ1n) is 9.39. The van der Waals surface area contributed by atoms with Crippen LogP contribution >= 0.6 is 11.3 Å². The zero-order valence-electron chi connectivity index (χ0n) is 16.1. The maximum absolute atomic E-state index is 12.0. The number of aromatic nitrogens is 2. The molecule has 0 spiro atoms. The van der Waals surface area contributed by atoms with Crippen molar-refractivity contribution in [2.45, 2.75) is 45.6 Å². The zero-order chi connectivity index (χ0) is 20.8. The van der Waals surface area contributed by atoms with Gasteiger partial charge >= 0.3 is 5.76 Å². The second kappa shape index (κ2) is 9.46. The molecule has 3 aromatic rings. The van der Waals surface area contributed by atoms with Crippen LogP contribution in [0.5, 0.6) is 0 Å². The fourth-order valence-corrected chi connectivity index (χ4v) is 3.83. The number of carbonyl (C=O) groups excluding carboxylic acids is 1. The first-order valence-corrected chi connectivity index (χ1v) is 10.3. The highest BCUT2D eigenvalue weighted by Crippen LogP contribution is 2.20. The summed E-state index contributed by atoms with van der Waals surface area (Å²) in [6.45, 7) is 2.90. The number of hydrogen-bond donors (Lipinski definition) is 1.